The van der Waals surface area contributed by atoms with Crippen LogP contribution in [-0.2, 0) is 16.0 Å². The van der Waals surface area contributed by atoms with Crippen molar-refractivity contribution in [2.75, 3.05) is 16.8 Å². The number of benzene rings is 2. The molecule has 0 fully saturated rings. The Morgan fingerprint density at radius 3 is 2.48 bits per heavy atom. The molecule has 1 aliphatic rings. The third kappa shape index (κ3) is 4.21. The Bertz CT molecular complexity index is 855. The van der Waals surface area contributed by atoms with Gasteiger partial charge in [-0.1, -0.05) is 58.0 Å². The molecule has 2 aromatic rings. The summed E-state index contributed by atoms with van der Waals surface area (Å²) in [6.45, 7) is 8.62. The predicted molar refractivity (Wildman–Crippen MR) is 110 cm³/mol. The van der Waals surface area contributed by atoms with E-state index in [-0.39, 0.29) is 18.4 Å². The van der Waals surface area contributed by atoms with Crippen LogP contribution in [0.25, 0.3) is 0 Å². The minimum absolute atomic E-state index is 0.00286. The highest BCUT2D eigenvalue weighted by Crippen LogP contribution is 2.30. The monoisotopic (exact) mass is 364 g/mol. The number of aryl methyl sites for hydroxylation is 1. The molecule has 0 atom stereocenters. The van der Waals surface area contributed by atoms with Gasteiger partial charge in [0.05, 0.1) is 0 Å². The lowest BCUT2D eigenvalue weighted by atomic mass is 9.94. The van der Waals surface area contributed by atoms with E-state index in [1.807, 2.05) is 30.3 Å². The summed E-state index contributed by atoms with van der Waals surface area (Å²) in [7, 11) is 0. The van der Waals surface area contributed by atoms with Crippen molar-refractivity contribution in [2.45, 2.75) is 52.4 Å². The minimum Gasteiger partial charge on any atom is -0.324 e. The molecule has 0 spiro atoms. The average molecular weight is 364 g/mol. The van der Waals surface area contributed by atoms with Crippen LogP contribution in [0.3, 0.4) is 0 Å². The Kier molecular flexibility index (Phi) is 5.64. The molecule has 0 saturated heterocycles. The van der Waals surface area contributed by atoms with Crippen LogP contribution >= 0.6 is 0 Å². The zero-order valence-corrected chi connectivity index (χ0v) is 16.6. The number of carbonyl (C=O) groups excluding carboxylic acids is 2. The maximum absolute atomic E-state index is 12.7. The topological polar surface area (TPSA) is 49.4 Å². The molecule has 0 aromatic heterocycles. The highest BCUT2D eigenvalue weighted by molar-refractivity contribution is 6.04. The summed E-state index contributed by atoms with van der Waals surface area (Å²) in [6, 6.07) is 14.0. The largest absolute Gasteiger partial charge is 0.324 e. The minimum atomic E-state index is -0.167. The Balaban J connectivity index is 1.79. The van der Waals surface area contributed by atoms with Gasteiger partial charge in [0.25, 0.3) is 0 Å². The number of fused-ring (bicyclic) bond motifs is 1. The van der Waals surface area contributed by atoms with Crippen LogP contribution in [0, 0.1) is 0 Å². The van der Waals surface area contributed by atoms with Crippen LogP contribution in [0.2, 0.25) is 0 Å². The van der Waals surface area contributed by atoms with E-state index < -0.39 is 0 Å². The summed E-state index contributed by atoms with van der Waals surface area (Å²) < 4.78 is 0. The molecular weight excluding hydrogens is 336 g/mol. The summed E-state index contributed by atoms with van der Waals surface area (Å²) >= 11 is 0. The van der Waals surface area contributed by atoms with Gasteiger partial charge in [0.2, 0.25) is 11.8 Å². The Labute approximate surface area is 161 Å². The van der Waals surface area contributed by atoms with E-state index in [9.17, 15) is 9.59 Å². The maximum Gasteiger partial charge on any atom is 0.244 e. The molecule has 2 amide bonds. The fourth-order valence-electron chi connectivity index (χ4n) is 3.53. The molecule has 3 rings (SSSR count). The number of rotatable bonds is 5. The van der Waals surface area contributed by atoms with E-state index in [1.165, 1.54) is 5.56 Å². The maximum atomic E-state index is 12.7. The summed E-state index contributed by atoms with van der Waals surface area (Å²) in [4.78, 5) is 26.7. The van der Waals surface area contributed by atoms with Crippen LogP contribution in [0.4, 0.5) is 11.4 Å². The summed E-state index contributed by atoms with van der Waals surface area (Å²) in [5.41, 5.74) is 5.19. The van der Waals surface area contributed by atoms with Crippen molar-refractivity contribution in [3.05, 3.63) is 59.2 Å². The first-order valence-corrected chi connectivity index (χ1v) is 9.68. The van der Waals surface area contributed by atoms with E-state index in [4.69, 9.17) is 0 Å². The highest BCUT2D eigenvalue weighted by atomic mass is 16.2. The molecular formula is C23H28N2O2. The lowest BCUT2D eigenvalue weighted by molar-refractivity contribution is -0.121. The first-order valence-electron chi connectivity index (χ1n) is 9.68. The quantitative estimate of drug-likeness (QED) is 0.824. The van der Waals surface area contributed by atoms with Crippen molar-refractivity contribution in [3.63, 3.8) is 0 Å². The number of nitrogens with one attached hydrogen (secondary N) is 1. The SMILES string of the molecule is CC(C)c1ccc(NC(=O)CN2C(=O)CCc3ccccc32)c(C(C)C)c1. The molecule has 0 unspecified atom stereocenters. The highest BCUT2D eigenvalue weighted by Gasteiger charge is 2.26. The number of hydrogen-bond acceptors (Lipinski definition) is 2. The molecule has 0 bridgehead atoms. The van der Waals surface area contributed by atoms with Crippen molar-refractivity contribution in [1.82, 2.24) is 0 Å². The second-order valence-corrected chi connectivity index (χ2v) is 7.81. The van der Waals surface area contributed by atoms with Crippen molar-refractivity contribution in [2.24, 2.45) is 0 Å². The summed E-state index contributed by atoms with van der Waals surface area (Å²) in [6.07, 6.45) is 1.19. The van der Waals surface area contributed by atoms with Crippen molar-refractivity contribution < 1.29 is 9.59 Å². The normalized spacial score (nSPS) is 13.9. The van der Waals surface area contributed by atoms with Crippen molar-refractivity contribution in [3.8, 4) is 0 Å². The Morgan fingerprint density at radius 1 is 1.04 bits per heavy atom. The van der Waals surface area contributed by atoms with Crippen molar-refractivity contribution in [1.29, 1.82) is 0 Å². The lowest BCUT2D eigenvalue weighted by Crippen LogP contribution is -2.41. The van der Waals surface area contributed by atoms with Crippen LogP contribution in [0.5, 0.6) is 0 Å². The third-order valence-electron chi connectivity index (χ3n) is 5.13. The fourth-order valence-corrected chi connectivity index (χ4v) is 3.53. The number of nitrogens with zero attached hydrogens (tertiary/aromatic N) is 1. The first-order chi connectivity index (χ1) is 12.9. The van der Waals surface area contributed by atoms with E-state index >= 15 is 0 Å². The second kappa shape index (κ2) is 7.95. The molecule has 4 heteroatoms. The lowest BCUT2D eigenvalue weighted by Gasteiger charge is -2.29. The van der Waals surface area contributed by atoms with Gasteiger partial charge in [0, 0.05) is 17.8 Å². The smallest absolute Gasteiger partial charge is 0.244 e. The van der Waals surface area contributed by atoms with Gasteiger partial charge in [0.1, 0.15) is 6.54 Å². The van der Waals surface area contributed by atoms with Gasteiger partial charge in [-0.15, -0.1) is 0 Å². The zero-order valence-electron chi connectivity index (χ0n) is 16.6. The molecule has 1 heterocycles. The molecule has 142 valence electrons. The Hall–Kier alpha value is -2.62. The first kappa shape index (κ1) is 19.2. The number of hydrogen-bond donors (Lipinski definition) is 1. The molecule has 4 nitrogen and oxygen atoms in total. The van der Waals surface area contributed by atoms with Crippen LogP contribution < -0.4 is 10.2 Å². The van der Waals surface area contributed by atoms with E-state index in [2.05, 4.69) is 45.1 Å². The molecule has 27 heavy (non-hydrogen) atoms. The number of para-hydroxylation sites is 1. The van der Waals surface area contributed by atoms with Gasteiger partial charge in [0.15, 0.2) is 0 Å². The van der Waals surface area contributed by atoms with Gasteiger partial charge in [-0.3, -0.25) is 9.59 Å². The molecule has 0 saturated carbocycles. The standard InChI is InChI=1S/C23H28N2O2/c1-15(2)18-9-11-20(19(13-18)16(3)4)24-22(26)14-25-21-8-6-5-7-17(21)10-12-23(25)27/h5-9,11,13,15-16H,10,12,14H2,1-4H3,(H,24,26). The van der Waals surface area contributed by atoms with E-state index in [0.717, 1.165) is 28.9 Å². The number of carbonyl (C=O) groups is 2. The van der Waals surface area contributed by atoms with Gasteiger partial charge < -0.3 is 10.2 Å². The second-order valence-electron chi connectivity index (χ2n) is 7.81. The molecule has 0 radical (unpaired) electrons. The van der Waals surface area contributed by atoms with E-state index in [1.54, 1.807) is 4.90 Å². The fraction of sp³-hybridized carbons (Fsp3) is 0.391. The Morgan fingerprint density at radius 2 is 1.78 bits per heavy atom. The number of amides is 2. The van der Waals surface area contributed by atoms with Crippen LogP contribution in [0.15, 0.2) is 42.5 Å². The summed E-state index contributed by atoms with van der Waals surface area (Å²) in [5.74, 6) is 0.577. The molecule has 1 N–H and O–H groups in total. The third-order valence-corrected chi connectivity index (χ3v) is 5.13. The van der Waals surface area contributed by atoms with E-state index in [0.29, 0.717) is 18.3 Å². The van der Waals surface area contributed by atoms with Crippen LogP contribution in [0.1, 0.15) is 62.6 Å². The van der Waals surface area contributed by atoms with Gasteiger partial charge in [-0.05, 0) is 47.1 Å². The predicted octanol–water partition coefficient (Wildman–Crippen LogP) is 4.85. The average Bonchev–Trinajstić information content (AvgIpc) is 2.64. The molecule has 2 aromatic carbocycles. The van der Waals surface area contributed by atoms with Crippen molar-refractivity contribution >= 4 is 23.2 Å². The summed E-state index contributed by atoms with van der Waals surface area (Å²) in [5, 5.41) is 3.02. The van der Waals surface area contributed by atoms with Gasteiger partial charge in [-0.25, -0.2) is 0 Å². The zero-order chi connectivity index (χ0) is 19.6. The molecule has 1 aliphatic heterocycles. The number of anilines is 2. The molecule has 0 aliphatic carbocycles. The van der Waals surface area contributed by atoms with Crippen LogP contribution in [-0.4, -0.2) is 18.4 Å². The van der Waals surface area contributed by atoms with Gasteiger partial charge in [-0.2, -0.15) is 0 Å². The van der Waals surface area contributed by atoms with Gasteiger partial charge >= 0.3 is 0 Å².